The number of nitrogens with zero attached hydrogens (tertiary/aromatic N) is 1. The van der Waals surface area contributed by atoms with Crippen LogP contribution < -0.4 is 0 Å². The monoisotopic (exact) mass is 1120 g/mol. The summed E-state index contributed by atoms with van der Waals surface area (Å²) in [6.07, 6.45) is 1.08. The number of benzene rings is 10. The van der Waals surface area contributed by atoms with Crippen molar-refractivity contribution in [3.63, 3.8) is 0 Å². The summed E-state index contributed by atoms with van der Waals surface area (Å²) in [5.74, 6) is 0. The number of para-hydroxylation sites is 1. The number of hydrogen-bond donors (Lipinski definition) is 0. The van der Waals surface area contributed by atoms with E-state index in [0.717, 1.165) is 15.4 Å². The maximum Gasteiger partial charge on any atom is 0.0547 e. The lowest BCUT2D eigenvalue weighted by Gasteiger charge is -2.22. The van der Waals surface area contributed by atoms with Crippen LogP contribution in [0.2, 0.25) is 0 Å². The van der Waals surface area contributed by atoms with Crippen molar-refractivity contribution in [2.45, 2.75) is 52.4 Å². The van der Waals surface area contributed by atoms with Crippen LogP contribution in [0.1, 0.15) is 68.5 Å². The quantitative estimate of drug-likeness (QED) is 0.144. The Balaban J connectivity index is 0.000000122. The van der Waals surface area contributed by atoms with Crippen LogP contribution >= 0.6 is 54.5 Å². The zero-order valence-corrected chi connectivity index (χ0v) is 43.1. The highest BCUT2D eigenvalue weighted by atomic mass is 127. The van der Waals surface area contributed by atoms with E-state index in [0.29, 0.717) is 0 Å². The van der Waals surface area contributed by atoms with Gasteiger partial charge in [0.15, 0.2) is 0 Å². The number of rotatable bonds is 1. The first-order chi connectivity index (χ1) is 32.5. The highest BCUT2D eigenvalue weighted by Gasteiger charge is 2.37. The highest BCUT2D eigenvalue weighted by Crippen LogP contribution is 2.52. The normalized spacial score (nSPS) is 13.9. The first-order valence-electron chi connectivity index (χ1n) is 23.0. The fourth-order valence-corrected chi connectivity index (χ4v) is 12.7. The molecule has 0 unspecified atom stereocenters. The molecule has 332 valence electrons. The van der Waals surface area contributed by atoms with Gasteiger partial charge >= 0.3 is 0 Å². The van der Waals surface area contributed by atoms with Gasteiger partial charge in [-0.1, -0.05) is 200 Å². The zero-order valence-electron chi connectivity index (χ0n) is 37.8. The molecule has 0 atom stereocenters. The van der Waals surface area contributed by atoms with Crippen molar-refractivity contribution in [1.82, 2.24) is 4.57 Å². The average Bonchev–Trinajstić information content (AvgIpc) is 4.03. The first kappa shape index (κ1) is 44.7. The molecule has 1 nitrogen and oxygen atoms in total. The lowest BCUT2D eigenvalue weighted by Crippen LogP contribution is -2.15. The van der Waals surface area contributed by atoms with E-state index in [4.69, 9.17) is 0 Å². The van der Waals surface area contributed by atoms with Gasteiger partial charge in [0.05, 0.1) is 11.0 Å². The maximum atomic E-state index is 3.68. The SMILES string of the molecule is C.CC1(C)c2cc(Br)ccc2-c2ccc(-n3c4ccccc4c4c5ccccc5ccc43)cc21.CC1(C)c2cc(Br)ccc2-c2ccc(I)cc21.c1ccc2c(c1)Cc1ccc3ccccc3c1-2. The largest absolute Gasteiger partial charge is 0.309 e. The molecule has 0 bridgehead atoms. The van der Waals surface area contributed by atoms with Gasteiger partial charge in [-0.25, -0.2) is 0 Å². The molecule has 3 aliphatic carbocycles. The van der Waals surface area contributed by atoms with Crippen LogP contribution in [0.25, 0.3) is 82.4 Å². The standard InChI is InChI=1S/C31H22BrN.C17H12.C15H12BrI.CH4/c1-31(2)26-17-20(32)12-14-23(26)24-15-13-21(18-27(24)31)33-28-10-6-5-9-25(28)30-22-8-4-3-7-19(22)11-16-29(30)33;1-3-7-15-12(5-1)9-10-14-11-13-6-2-4-8-16(13)17(14)15;1-15(2)13-7-9(16)3-5-11(13)12-6-4-10(17)8-14(12)15;/h3-18H,1-2H3;1-10H,11H2;3-8H,1-2H3;1H4. The smallest absolute Gasteiger partial charge is 0.0547 e. The minimum absolute atomic E-state index is 0. The summed E-state index contributed by atoms with van der Waals surface area (Å²) in [5.41, 5.74) is 20.7. The molecule has 68 heavy (non-hydrogen) atoms. The molecule has 4 heteroatoms. The fraction of sp³-hybridized carbons (Fsp3) is 0.125. The molecular formula is C64H50Br2IN. The second-order valence-electron chi connectivity index (χ2n) is 19.2. The van der Waals surface area contributed by atoms with Crippen LogP contribution in [-0.4, -0.2) is 4.57 Å². The number of hydrogen-bond acceptors (Lipinski definition) is 0. The van der Waals surface area contributed by atoms with E-state index in [9.17, 15) is 0 Å². The molecule has 3 aliphatic rings. The topological polar surface area (TPSA) is 4.93 Å². The van der Waals surface area contributed by atoms with E-state index in [1.54, 1.807) is 0 Å². The summed E-state index contributed by atoms with van der Waals surface area (Å²) < 4.78 is 6.04. The third-order valence-corrected chi connectivity index (χ3v) is 16.4. The van der Waals surface area contributed by atoms with Crippen LogP contribution in [0, 0.1) is 3.57 Å². The number of fused-ring (bicyclic) bond motifs is 16. The van der Waals surface area contributed by atoms with Gasteiger partial charge in [0, 0.05) is 39.8 Å². The van der Waals surface area contributed by atoms with E-state index in [-0.39, 0.29) is 18.3 Å². The molecule has 1 heterocycles. The van der Waals surface area contributed by atoms with Crippen molar-refractivity contribution in [3.8, 4) is 39.1 Å². The average molecular weight is 1120 g/mol. The van der Waals surface area contributed by atoms with E-state index in [1.165, 1.54) is 119 Å². The van der Waals surface area contributed by atoms with Crippen molar-refractivity contribution >= 4 is 97.8 Å². The summed E-state index contributed by atoms with van der Waals surface area (Å²) in [5, 5.41) is 7.94. The third kappa shape index (κ3) is 7.12. The van der Waals surface area contributed by atoms with Crippen molar-refractivity contribution < 1.29 is 0 Å². The Hall–Kier alpha value is -5.79. The molecule has 11 aromatic rings. The van der Waals surface area contributed by atoms with Crippen LogP contribution in [-0.2, 0) is 17.3 Å². The number of halogens is 3. The molecule has 0 saturated carbocycles. The molecule has 0 spiro atoms. The molecule has 0 fully saturated rings. The Morgan fingerprint density at radius 2 is 0.941 bits per heavy atom. The van der Waals surface area contributed by atoms with Gasteiger partial charge in [-0.05, 0) is 178 Å². The van der Waals surface area contributed by atoms with Crippen LogP contribution in [0.4, 0.5) is 0 Å². The van der Waals surface area contributed by atoms with Crippen molar-refractivity contribution in [2.75, 3.05) is 0 Å². The molecule has 0 amide bonds. The predicted octanol–water partition coefficient (Wildman–Crippen LogP) is 19.4. The molecule has 10 aromatic carbocycles. The van der Waals surface area contributed by atoms with Gasteiger partial charge in [-0.2, -0.15) is 0 Å². The first-order valence-corrected chi connectivity index (χ1v) is 25.7. The summed E-state index contributed by atoms with van der Waals surface area (Å²) in [6.45, 7) is 9.29. The van der Waals surface area contributed by atoms with E-state index >= 15 is 0 Å². The van der Waals surface area contributed by atoms with E-state index in [2.05, 4.69) is 281 Å². The lowest BCUT2D eigenvalue weighted by molar-refractivity contribution is 0.659. The lowest BCUT2D eigenvalue weighted by atomic mass is 9.82. The number of aromatic nitrogens is 1. The molecule has 0 saturated heterocycles. The van der Waals surface area contributed by atoms with Gasteiger partial charge in [-0.15, -0.1) is 0 Å². The molecular weight excluding hydrogens is 1070 g/mol. The Morgan fingerprint density at radius 1 is 0.426 bits per heavy atom. The summed E-state index contributed by atoms with van der Waals surface area (Å²) in [7, 11) is 0. The summed E-state index contributed by atoms with van der Waals surface area (Å²) >= 11 is 9.64. The zero-order chi connectivity index (χ0) is 45.8. The van der Waals surface area contributed by atoms with Gasteiger partial charge in [0.2, 0.25) is 0 Å². The molecule has 0 radical (unpaired) electrons. The molecule has 0 N–H and O–H groups in total. The van der Waals surface area contributed by atoms with E-state index < -0.39 is 0 Å². The summed E-state index contributed by atoms with van der Waals surface area (Å²) in [6, 6.07) is 71.0. The minimum Gasteiger partial charge on any atom is -0.309 e. The minimum atomic E-state index is -0.0457. The summed E-state index contributed by atoms with van der Waals surface area (Å²) in [4.78, 5) is 0. The van der Waals surface area contributed by atoms with Crippen LogP contribution in [0.5, 0.6) is 0 Å². The maximum absolute atomic E-state index is 3.68. The van der Waals surface area contributed by atoms with Crippen LogP contribution in [0.3, 0.4) is 0 Å². The Morgan fingerprint density at radius 3 is 1.63 bits per heavy atom. The van der Waals surface area contributed by atoms with Gasteiger partial charge in [-0.3, -0.25) is 0 Å². The second-order valence-corrected chi connectivity index (χ2v) is 22.3. The van der Waals surface area contributed by atoms with Gasteiger partial charge < -0.3 is 4.57 Å². The van der Waals surface area contributed by atoms with Gasteiger partial charge in [0.25, 0.3) is 0 Å². The molecule has 14 rings (SSSR count). The van der Waals surface area contributed by atoms with Crippen molar-refractivity contribution in [2.24, 2.45) is 0 Å². The molecule has 0 aliphatic heterocycles. The Labute approximate surface area is 430 Å². The Kier molecular flexibility index (Phi) is 11.2. The Bertz CT molecular complexity index is 3780. The van der Waals surface area contributed by atoms with Crippen molar-refractivity contribution in [3.05, 3.63) is 240 Å². The second kappa shape index (κ2) is 17.0. The van der Waals surface area contributed by atoms with Crippen LogP contribution in [0.15, 0.2) is 203 Å². The molecule has 1 aromatic heterocycles. The van der Waals surface area contributed by atoms with Crippen molar-refractivity contribution in [1.29, 1.82) is 0 Å². The highest BCUT2D eigenvalue weighted by molar-refractivity contribution is 14.1. The van der Waals surface area contributed by atoms with E-state index in [1.807, 2.05) is 0 Å². The fourth-order valence-electron chi connectivity index (χ4n) is 11.4. The predicted molar refractivity (Wildman–Crippen MR) is 307 cm³/mol. The van der Waals surface area contributed by atoms with Gasteiger partial charge in [0.1, 0.15) is 0 Å². The third-order valence-electron chi connectivity index (χ3n) is 14.7.